The van der Waals surface area contributed by atoms with Crippen molar-refractivity contribution in [1.29, 1.82) is 0 Å². The molecule has 1 heterocycles. The zero-order valence-electron chi connectivity index (χ0n) is 13.1. The van der Waals surface area contributed by atoms with E-state index in [1.807, 2.05) is 0 Å². The van der Waals surface area contributed by atoms with E-state index in [9.17, 15) is 0 Å². The van der Waals surface area contributed by atoms with Gasteiger partial charge in [-0.25, -0.2) is 0 Å². The third-order valence-electron chi connectivity index (χ3n) is 4.81. The second-order valence-electron chi connectivity index (χ2n) is 6.61. The zero-order valence-corrected chi connectivity index (χ0v) is 13.1. The molecule has 1 aliphatic carbocycles. The molecule has 0 amide bonds. The Hall–Kier alpha value is -0.730. The summed E-state index contributed by atoms with van der Waals surface area (Å²) >= 11 is 0. The lowest BCUT2D eigenvalue weighted by atomic mass is 9.74. The Balaban J connectivity index is 2.08. The molecule has 0 radical (unpaired) electrons. The van der Waals surface area contributed by atoms with E-state index in [0.717, 1.165) is 6.54 Å². The van der Waals surface area contributed by atoms with Gasteiger partial charge in [-0.3, -0.25) is 4.99 Å². The standard InChI is InChI=1S/C16H31N3/c1-4-17-15(18(2)3)19-13-9-12-16(14-19)10-7-5-6-8-11-16/h4-14H2,1-3H3. The van der Waals surface area contributed by atoms with Crippen LogP contribution >= 0.6 is 0 Å². The van der Waals surface area contributed by atoms with Crippen LogP contribution in [0.1, 0.15) is 58.3 Å². The van der Waals surface area contributed by atoms with Gasteiger partial charge in [-0.1, -0.05) is 25.7 Å². The van der Waals surface area contributed by atoms with Crippen LogP contribution in [0, 0.1) is 5.41 Å². The fraction of sp³-hybridized carbons (Fsp3) is 0.938. The van der Waals surface area contributed by atoms with Gasteiger partial charge in [0.15, 0.2) is 5.96 Å². The summed E-state index contributed by atoms with van der Waals surface area (Å²) in [6.45, 7) is 5.45. The minimum absolute atomic E-state index is 0.596. The minimum Gasteiger partial charge on any atom is -0.349 e. The first kappa shape index (κ1) is 14.7. The highest BCUT2D eigenvalue weighted by Gasteiger charge is 2.36. The molecule has 1 aliphatic heterocycles. The van der Waals surface area contributed by atoms with E-state index in [-0.39, 0.29) is 0 Å². The molecule has 2 fully saturated rings. The van der Waals surface area contributed by atoms with Crippen LogP contribution in [0.3, 0.4) is 0 Å². The molecule has 3 nitrogen and oxygen atoms in total. The van der Waals surface area contributed by atoms with E-state index in [1.165, 1.54) is 70.4 Å². The Morgan fingerprint density at radius 1 is 1.05 bits per heavy atom. The number of nitrogens with zero attached hydrogens (tertiary/aromatic N) is 3. The highest BCUT2D eigenvalue weighted by molar-refractivity contribution is 5.79. The van der Waals surface area contributed by atoms with Crippen LogP contribution in [0.15, 0.2) is 4.99 Å². The van der Waals surface area contributed by atoms with Crippen molar-refractivity contribution in [3.05, 3.63) is 0 Å². The van der Waals surface area contributed by atoms with Crippen molar-refractivity contribution in [1.82, 2.24) is 9.80 Å². The molecule has 3 heteroatoms. The van der Waals surface area contributed by atoms with Gasteiger partial charge in [-0.05, 0) is 38.0 Å². The Kier molecular flexibility index (Phi) is 5.12. The fourth-order valence-electron chi connectivity index (χ4n) is 3.93. The van der Waals surface area contributed by atoms with Crippen molar-refractivity contribution in [2.24, 2.45) is 10.4 Å². The van der Waals surface area contributed by atoms with E-state index < -0.39 is 0 Å². The fourth-order valence-corrected chi connectivity index (χ4v) is 3.93. The maximum atomic E-state index is 4.72. The minimum atomic E-state index is 0.596. The van der Waals surface area contributed by atoms with Crippen LogP contribution in [-0.2, 0) is 0 Å². The summed E-state index contributed by atoms with van der Waals surface area (Å²) in [7, 11) is 4.26. The first-order chi connectivity index (χ1) is 9.17. The number of piperidine rings is 1. The Morgan fingerprint density at radius 2 is 1.68 bits per heavy atom. The summed E-state index contributed by atoms with van der Waals surface area (Å²) in [5.41, 5.74) is 0.596. The van der Waals surface area contributed by atoms with E-state index in [0.29, 0.717) is 5.41 Å². The lowest BCUT2D eigenvalue weighted by molar-refractivity contribution is 0.111. The van der Waals surface area contributed by atoms with Gasteiger partial charge in [0.05, 0.1) is 0 Å². The molecule has 19 heavy (non-hydrogen) atoms. The van der Waals surface area contributed by atoms with Crippen molar-refractivity contribution in [2.45, 2.75) is 58.3 Å². The summed E-state index contributed by atoms with van der Waals surface area (Å²) < 4.78 is 0. The third kappa shape index (κ3) is 3.64. The highest BCUT2D eigenvalue weighted by Crippen LogP contribution is 2.42. The number of likely N-dealkylation sites (tertiary alicyclic amines) is 1. The molecule has 2 aliphatic rings. The van der Waals surface area contributed by atoms with Gasteiger partial charge in [0.1, 0.15) is 0 Å². The third-order valence-corrected chi connectivity index (χ3v) is 4.81. The summed E-state index contributed by atoms with van der Waals surface area (Å²) in [5.74, 6) is 1.20. The average molecular weight is 265 g/mol. The molecule has 0 atom stereocenters. The van der Waals surface area contributed by atoms with E-state index in [2.05, 4.69) is 30.8 Å². The van der Waals surface area contributed by atoms with Crippen molar-refractivity contribution in [3.63, 3.8) is 0 Å². The van der Waals surface area contributed by atoms with Crippen LogP contribution < -0.4 is 0 Å². The molecule has 110 valence electrons. The smallest absolute Gasteiger partial charge is 0.196 e. The largest absolute Gasteiger partial charge is 0.349 e. The first-order valence-electron chi connectivity index (χ1n) is 8.14. The van der Waals surface area contributed by atoms with Crippen LogP contribution in [-0.4, -0.2) is 49.5 Å². The van der Waals surface area contributed by atoms with Gasteiger partial charge in [0.2, 0.25) is 0 Å². The van der Waals surface area contributed by atoms with Gasteiger partial charge in [0.25, 0.3) is 0 Å². The van der Waals surface area contributed by atoms with Crippen molar-refractivity contribution < 1.29 is 0 Å². The first-order valence-corrected chi connectivity index (χ1v) is 8.14. The quantitative estimate of drug-likeness (QED) is 0.535. The van der Waals surface area contributed by atoms with Crippen molar-refractivity contribution in [3.8, 4) is 0 Å². The highest BCUT2D eigenvalue weighted by atomic mass is 15.4. The molecule has 0 aromatic carbocycles. The van der Waals surface area contributed by atoms with E-state index in [1.54, 1.807) is 0 Å². The summed E-state index contributed by atoms with van der Waals surface area (Å²) in [6, 6.07) is 0. The summed E-state index contributed by atoms with van der Waals surface area (Å²) in [4.78, 5) is 9.46. The zero-order chi connectivity index (χ0) is 13.7. The van der Waals surface area contributed by atoms with Crippen LogP contribution in [0.25, 0.3) is 0 Å². The number of hydrogen-bond donors (Lipinski definition) is 0. The molecule has 2 rings (SSSR count). The van der Waals surface area contributed by atoms with Gasteiger partial charge in [0, 0.05) is 33.7 Å². The van der Waals surface area contributed by atoms with Crippen LogP contribution in [0.5, 0.6) is 0 Å². The molecule has 0 N–H and O–H groups in total. The molecule has 0 aromatic rings. The summed E-state index contributed by atoms with van der Waals surface area (Å²) in [5, 5.41) is 0. The molecular weight excluding hydrogens is 234 g/mol. The normalized spacial score (nSPS) is 24.4. The molecule has 0 bridgehead atoms. The molecule has 1 spiro atoms. The lowest BCUT2D eigenvalue weighted by Crippen LogP contribution is -2.50. The molecule has 1 saturated heterocycles. The summed E-state index contributed by atoms with van der Waals surface area (Å²) in [6.07, 6.45) is 11.4. The Labute approximate surface area is 119 Å². The molecular formula is C16H31N3. The predicted octanol–water partition coefficient (Wildman–Crippen LogP) is 3.36. The number of rotatable bonds is 1. The van der Waals surface area contributed by atoms with Gasteiger partial charge < -0.3 is 9.80 Å². The van der Waals surface area contributed by atoms with Gasteiger partial charge in [-0.15, -0.1) is 0 Å². The molecule has 0 aromatic heterocycles. The number of guanidine groups is 1. The topological polar surface area (TPSA) is 18.8 Å². The Bertz CT molecular complexity index is 301. The maximum absolute atomic E-state index is 4.72. The van der Waals surface area contributed by atoms with Crippen molar-refractivity contribution in [2.75, 3.05) is 33.7 Å². The monoisotopic (exact) mass is 265 g/mol. The second-order valence-corrected chi connectivity index (χ2v) is 6.61. The van der Waals surface area contributed by atoms with Gasteiger partial charge in [-0.2, -0.15) is 0 Å². The van der Waals surface area contributed by atoms with E-state index >= 15 is 0 Å². The number of hydrogen-bond acceptors (Lipinski definition) is 1. The molecule has 0 unspecified atom stereocenters. The lowest BCUT2D eigenvalue weighted by Gasteiger charge is -2.45. The second kappa shape index (κ2) is 6.62. The maximum Gasteiger partial charge on any atom is 0.196 e. The molecule has 1 saturated carbocycles. The van der Waals surface area contributed by atoms with Crippen molar-refractivity contribution >= 4 is 5.96 Å². The van der Waals surface area contributed by atoms with Crippen LogP contribution in [0.2, 0.25) is 0 Å². The SMILES string of the molecule is CCN=C(N(C)C)N1CCCC2(CCCCCC2)C1. The van der Waals surface area contributed by atoms with Gasteiger partial charge >= 0.3 is 0 Å². The average Bonchev–Trinajstić information content (AvgIpc) is 2.61. The van der Waals surface area contributed by atoms with E-state index in [4.69, 9.17) is 4.99 Å². The predicted molar refractivity (Wildman–Crippen MR) is 82.6 cm³/mol. The van der Waals surface area contributed by atoms with Crippen LogP contribution in [0.4, 0.5) is 0 Å². The number of aliphatic imine (C=N–C) groups is 1. The Morgan fingerprint density at radius 3 is 2.26 bits per heavy atom.